The van der Waals surface area contributed by atoms with E-state index in [-0.39, 0.29) is 5.91 Å². The second-order valence-corrected chi connectivity index (χ2v) is 5.69. The van der Waals surface area contributed by atoms with Crippen LogP contribution in [0.5, 0.6) is 0 Å². The Morgan fingerprint density at radius 2 is 1.77 bits per heavy atom. The number of aromatic nitrogens is 1. The van der Waals surface area contributed by atoms with Crippen LogP contribution < -0.4 is 5.32 Å². The summed E-state index contributed by atoms with van der Waals surface area (Å²) >= 11 is 0. The summed E-state index contributed by atoms with van der Waals surface area (Å²) in [7, 11) is 0. The standard InChI is InChI=1S/C20H18N2O4/c1-3-25-20(24)15-8-10-16(11-9-15)22-19(23)17-12-21-26-18(17)14-6-4-13(2)5-7-14/h4-12H,3H2,1-2H3,(H,22,23). The third-order valence-corrected chi connectivity index (χ3v) is 3.78. The summed E-state index contributed by atoms with van der Waals surface area (Å²) in [4.78, 5) is 24.2. The van der Waals surface area contributed by atoms with Gasteiger partial charge in [0.2, 0.25) is 0 Å². The number of anilines is 1. The highest BCUT2D eigenvalue weighted by molar-refractivity contribution is 6.07. The second kappa shape index (κ2) is 7.65. The van der Waals surface area contributed by atoms with Gasteiger partial charge in [-0.05, 0) is 38.1 Å². The molecule has 0 radical (unpaired) electrons. The third kappa shape index (κ3) is 3.80. The fourth-order valence-electron chi connectivity index (χ4n) is 2.42. The van der Waals surface area contributed by atoms with Crippen LogP contribution in [0.25, 0.3) is 11.3 Å². The van der Waals surface area contributed by atoms with Crippen molar-refractivity contribution in [3.63, 3.8) is 0 Å². The fraction of sp³-hybridized carbons (Fsp3) is 0.150. The molecule has 0 unspecified atom stereocenters. The van der Waals surface area contributed by atoms with Crippen LogP contribution in [0.1, 0.15) is 33.2 Å². The van der Waals surface area contributed by atoms with Crippen molar-refractivity contribution in [2.24, 2.45) is 0 Å². The zero-order valence-corrected chi connectivity index (χ0v) is 14.5. The number of hydrogen-bond acceptors (Lipinski definition) is 5. The maximum Gasteiger partial charge on any atom is 0.338 e. The number of carbonyl (C=O) groups is 2. The molecule has 6 heteroatoms. The largest absolute Gasteiger partial charge is 0.462 e. The Labute approximate surface area is 150 Å². The minimum absolute atomic E-state index is 0.312. The number of hydrogen-bond donors (Lipinski definition) is 1. The highest BCUT2D eigenvalue weighted by Crippen LogP contribution is 2.25. The first-order chi connectivity index (χ1) is 12.6. The minimum atomic E-state index is -0.397. The molecule has 0 bridgehead atoms. The van der Waals surface area contributed by atoms with Crippen molar-refractivity contribution in [3.8, 4) is 11.3 Å². The summed E-state index contributed by atoms with van der Waals surface area (Å²) in [6.07, 6.45) is 1.39. The van der Waals surface area contributed by atoms with Crippen LogP contribution in [-0.4, -0.2) is 23.6 Å². The van der Waals surface area contributed by atoms with Crippen LogP contribution in [0, 0.1) is 6.92 Å². The highest BCUT2D eigenvalue weighted by Gasteiger charge is 2.18. The second-order valence-electron chi connectivity index (χ2n) is 5.69. The molecule has 132 valence electrons. The van der Waals surface area contributed by atoms with Crippen LogP contribution in [0.15, 0.2) is 59.3 Å². The Balaban J connectivity index is 1.76. The topological polar surface area (TPSA) is 81.4 Å². The average molecular weight is 350 g/mol. The molecule has 0 aliphatic rings. The number of nitrogens with one attached hydrogen (secondary N) is 1. The van der Waals surface area contributed by atoms with Crippen LogP contribution in [-0.2, 0) is 4.74 Å². The van der Waals surface area contributed by atoms with Crippen LogP contribution in [0.2, 0.25) is 0 Å². The zero-order chi connectivity index (χ0) is 18.5. The number of carbonyl (C=O) groups excluding carboxylic acids is 2. The molecule has 6 nitrogen and oxygen atoms in total. The summed E-state index contributed by atoms with van der Waals surface area (Å²) in [5.74, 6) is -0.331. The van der Waals surface area contributed by atoms with E-state index >= 15 is 0 Å². The molecule has 3 rings (SSSR count). The minimum Gasteiger partial charge on any atom is -0.462 e. The summed E-state index contributed by atoms with van der Waals surface area (Å²) < 4.78 is 10.2. The predicted octanol–water partition coefficient (Wildman–Crippen LogP) is 4.08. The molecule has 1 heterocycles. The van der Waals surface area contributed by atoms with Gasteiger partial charge in [-0.2, -0.15) is 0 Å². The first-order valence-electron chi connectivity index (χ1n) is 8.18. The molecule has 0 spiro atoms. The van der Waals surface area contributed by atoms with Gasteiger partial charge in [0, 0.05) is 11.3 Å². The monoisotopic (exact) mass is 350 g/mol. The maximum atomic E-state index is 12.6. The molecule has 0 saturated carbocycles. The summed E-state index contributed by atoms with van der Waals surface area (Å²) in [5, 5.41) is 6.52. The smallest absolute Gasteiger partial charge is 0.338 e. The zero-order valence-electron chi connectivity index (χ0n) is 14.5. The first kappa shape index (κ1) is 17.4. The number of amides is 1. The maximum absolute atomic E-state index is 12.6. The van der Waals surface area contributed by atoms with E-state index < -0.39 is 5.97 Å². The molecule has 1 N–H and O–H groups in total. The third-order valence-electron chi connectivity index (χ3n) is 3.78. The van der Waals surface area contributed by atoms with Crippen molar-refractivity contribution in [1.29, 1.82) is 0 Å². The highest BCUT2D eigenvalue weighted by atomic mass is 16.5. The number of rotatable bonds is 5. The molecule has 0 saturated heterocycles. The van der Waals surface area contributed by atoms with E-state index in [9.17, 15) is 9.59 Å². The van der Waals surface area contributed by atoms with E-state index in [1.165, 1.54) is 6.20 Å². The van der Waals surface area contributed by atoms with Crippen molar-refractivity contribution < 1.29 is 18.8 Å². The Morgan fingerprint density at radius 3 is 2.42 bits per heavy atom. The van der Waals surface area contributed by atoms with Crippen LogP contribution in [0.4, 0.5) is 5.69 Å². The molecule has 1 amide bonds. The van der Waals surface area contributed by atoms with Crippen molar-refractivity contribution in [2.45, 2.75) is 13.8 Å². The lowest BCUT2D eigenvalue weighted by Crippen LogP contribution is -2.12. The molecule has 3 aromatic rings. The van der Waals surface area contributed by atoms with Gasteiger partial charge in [-0.25, -0.2) is 4.79 Å². The normalized spacial score (nSPS) is 10.4. The summed E-state index contributed by atoms with van der Waals surface area (Å²) in [6.45, 7) is 4.04. The van der Waals surface area contributed by atoms with E-state index in [0.29, 0.717) is 29.2 Å². The Kier molecular flexibility index (Phi) is 5.12. The molecule has 1 aromatic heterocycles. The number of aryl methyl sites for hydroxylation is 1. The van der Waals surface area contributed by atoms with Gasteiger partial charge in [-0.1, -0.05) is 35.0 Å². The predicted molar refractivity (Wildman–Crippen MR) is 97.0 cm³/mol. The van der Waals surface area contributed by atoms with E-state index in [2.05, 4.69) is 10.5 Å². The number of esters is 1. The molecular weight excluding hydrogens is 332 g/mol. The van der Waals surface area contributed by atoms with Crippen molar-refractivity contribution >= 4 is 17.6 Å². The van der Waals surface area contributed by atoms with Gasteiger partial charge >= 0.3 is 5.97 Å². The van der Waals surface area contributed by atoms with Crippen molar-refractivity contribution in [1.82, 2.24) is 5.16 Å². The molecule has 26 heavy (non-hydrogen) atoms. The van der Waals surface area contributed by atoms with Crippen LogP contribution >= 0.6 is 0 Å². The summed E-state index contributed by atoms with van der Waals surface area (Å²) in [6, 6.07) is 14.1. The van der Waals surface area contributed by atoms with E-state index in [1.54, 1.807) is 31.2 Å². The molecule has 0 aliphatic carbocycles. The van der Waals surface area contributed by atoms with Crippen LogP contribution in [0.3, 0.4) is 0 Å². The molecule has 0 fully saturated rings. The molecule has 2 aromatic carbocycles. The van der Waals surface area contributed by atoms with E-state index in [4.69, 9.17) is 9.26 Å². The average Bonchev–Trinajstić information content (AvgIpc) is 3.13. The number of nitrogens with zero attached hydrogens (tertiary/aromatic N) is 1. The lowest BCUT2D eigenvalue weighted by atomic mass is 10.1. The lowest BCUT2D eigenvalue weighted by Gasteiger charge is -2.06. The van der Waals surface area contributed by atoms with Crippen molar-refractivity contribution in [3.05, 3.63) is 71.4 Å². The quantitative estimate of drug-likeness (QED) is 0.701. The van der Waals surface area contributed by atoms with Crippen molar-refractivity contribution in [2.75, 3.05) is 11.9 Å². The molecule has 0 aliphatic heterocycles. The van der Waals surface area contributed by atoms with E-state index in [0.717, 1.165) is 11.1 Å². The van der Waals surface area contributed by atoms with Gasteiger partial charge in [0.15, 0.2) is 5.76 Å². The van der Waals surface area contributed by atoms with Gasteiger partial charge < -0.3 is 14.6 Å². The lowest BCUT2D eigenvalue weighted by molar-refractivity contribution is 0.0526. The number of ether oxygens (including phenoxy) is 1. The Bertz CT molecular complexity index is 912. The van der Waals surface area contributed by atoms with Gasteiger partial charge in [0.1, 0.15) is 5.56 Å². The van der Waals surface area contributed by atoms with Gasteiger partial charge in [-0.15, -0.1) is 0 Å². The summed E-state index contributed by atoms with van der Waals surface area (Å²) in [5.41, 5.74) is 3.20. The fourth-order valence-corrected chi connectivity index (χ4v) is 2.42. The molecular formula is C20H18N2O4. The first-order valence-corrected chi connectivity index (χ1v) is 8.18. The van der Waals surface area contributed by atoms with Gasteiger partial charge in [0.05, 0.1) is 18.4 Å². The Morgan fingerprint density at radius 1 is 1.08 bits per heavy atom. The molecule has 0 atom stereocenters. The Hall–Kier alpha value is -3.41. The van der Waals surface area contributed by atoms with Gasteiger partial charge in [-0.3, -0.25) is 4.79 Å². The van der Waals surface area contributed by atoms with E-state index in [1.807, 2.05) is 31.2 Å². The number of benzene rings is 2. The SMILES string of the molecule is CCOC(=O)c1ccc(NC(=O)c2cnoc2-c2ccc(C)cc2)cc1. The van der Waals surface area contributed by atoms with Gasteiger partial charge in [0.25, 0.3) is 5.91 Å².